The number of thiophene rings is 1. The highest BCUT2D eigenvalue weighted by atomic mass is 32.1. The Labute approximate surface area is 173 Å². The number of ketones is 1. The van der Waals surface area contributed by atoms with Gasteiger partial charge in [0.2, 0.25) is 0 Å². The van der Waals surface area contributed by atoms with Crippen LogP contribution in [0.1, 0.15) is 53.1 Å². The lowest BCUT2D eigenvalue weighted by Crippen LogP contribution is -2.10. The second-order valence-corrected chi connectivity index (χ2v) is 9.31. The van der Waals surface area contributed by atoms with Gasteiger partial charge in [-0.25, -0.2) is 9.78 Å². The monoisotopic (exact) mass is 441 g/mol. The van der Waals surface area contributed by atoms with Crippen LogP contribution < -0.4 is 0 Å². The van der Waals surface area contributed by atoms with Crippen LogP contribution in [-0.2, 0) is 35.0 Å². The van der Waals surface area contributed by atoms with E-state index in [9.17, 15) is 27.9 Å². The van der Waals surface area contributed by atoms with Gasteiger partial charge < -0.3 is 5.11 Å². The summed E-state index contributed by atoms with van der Waals surface area (Å²) in [5.74, 6) is -1.31. The summed E-state index contributed by atoms with van der Waals surface area (Å²) in [6.07, 6.45) is 0.545. The lowest BCUT2D eigenvalue weighted by Gasteiger charge is -2.12. The molecule has 2 aliphatic carbocycles. The molecule has 0 radical (unpaired) electrons. The standard InChI is InChI=1S/C20H18F3NO3S2/c21-20(22,23)16-9-28-18(24-16)17-12-4-1-2-7-14(12)29-15(17)8-13(25)10-5-3-6-11(10)19(26)27/h9H,1-8H2,(H,26,27). The van der Waals surface area contributed by atoms with E-state index in [1.54, 1.807) is 0 Å². The molecule has 0 bridgehead atoms. The van der Waals surface area contributed by atoms with Crippen LogP contribution >= 0.6 is 22.7 Å². The zero-order valence-corrected chi connectivity index (χ0v) is 17.0. The Morgan fingerprint density at radius 3 is 2.48 bits per heavy atom. The van der Waals surface area contributed by atoms with Gasteiger partial charge in [-0.15, -0.1) is 22.7 Å². The Bertz CT molecular complexity index is 1020. The summed E-state index contributed by atoms with van der Waals surface area (Å²) in [6.45, 7) is 0. The van der Waals surface area contributed by atoms with Crippen LogP contribution in [-0.4, -0.2) is 21.8 Å². The summed E-state index contributed by atoms with van der Waals surface area (Å²) in [5, 5.41) is 10.6. The number of aryl methyl sites for hydroxylation is 1. The number of hydrogen-bond acceptors (Lipinski definition) is 5. The van der Waals surface area contributed by atoms with Crippen LogP contribution in [0.5, 0.6) is 0 Å². The number of halogens is 3. The second kappa shape index (κ2) is 7.68. The summed E-state index contributed by atoms with van der Waals surface area (Å²) >= 11 is 2.41. The van der Waals surface area contributed by atoms with E-state index in [4.69, 9.17) is 0 Å². The predicted molar refractivity (Wildman–Crippen MR) is 104 cm³/mol. The molecule has 2 heterocycles. The minimum Gasteiger partial charge on any atom is -0.478 e. The Balaban J connectivity index is 1.73. The molecule has 1 N–H and O–H groups in total. The lowest BCUT2D eigenvalue weighted by molar-refractivity contribution is -0.140. The average molecular weight is 441 g/mol. The van der Waals surface area contributed by atoms with Crippen molar-refractivity contribution in [3.63, 3.8) is 0 Å². The van der Waals surface area contributed by atoms with Crippen LogP contribution in [0, 0.1) is 0 Å². The molecular weight excluding hydrogens is 423 g/mol. The number of Topliss-reactive ketones (excluding diaryl/α,β-unsaturated/α-hetero) is 1. The molecule has 0 aliphatic heterocycles. The van der Waals surface area contributed by atoms with Gasteiger partial charge in [0.1, 0.15) is 5.01 Å². The molecule has 0 aromatic carbocycles. The number of carboxylic acids is 1. The molecule has 9 heteroatoms. The summed E-state index contributed by atoms with van der Waals surface area (Å²) in [5.41, 5.74) is 1.27. The first kappa shape index (κ1) is 20.3. The van der Waals surface area contributed by atoms with Gasteiger partial charge in [0.25, 0.3) is 0 Å². The smallest absolute Gasteiger partial charge is 0.434 e. The third kappa shape index (κ3) is 3.90. The van der Waals surface area contributed by atoms with Gasteiger partial charge in [0.05, 0.1) is 0 Å². The zero-order chi connectivity index (χ0) is 20.8. The highest BCUT2D eigenvalue weighted by Crippen LogP contribution is 2.44. The Morgan fingerprint density at radius 2 is 1.79 bits per heavy atom. The Kier molecular flexibility index (Phi) is 5.37. The van der Waals surface area contributed by atoms with Gasteiger partial charge in [-0.2, -0.15) is 13.2 Å². The fourth-order valence-electron chi connectivity index (χ4n) is 4.05. The van der Waals surface area contributed by atoms with Crippen molar-refractivity contribution < 1.29 is 27.9 Å². The normalized spacial score (nSPS) is 16.9. The first-order valence-electron chi connectivity index (χ1n) is 9.40. The van der Waals surface area contributed by atoms with E-state index in [0.717, 1.165) is 52.8 Å². The van der Waals surface area contributed by atoms with Crippen molar-refractivity contribution in [1.82, 2.24) is 4.98 Å². The minimum absolute atomic E-state index is 0.0139. The highest BCUT2D eigenvalue weighted by Gasteiger charge is 2.35. The molecule has 0 unspecified atom stereocenters. The molecule has 2 aliphatic rings. The maximum absolute atomic E-state index is 13.0. The number of hydrogen-bond donors (Lipinski definition) is 1. The quantitative estimate of drug-likeness (QED) is 0.670. The molecule has 0 spiro atoms. The summed E-state index contributed by atoms with van der Waals surface area (Å²) in [4.78, 5) is 29.9. The van der Waals surface area contributed by atoms with E-state index in [0.29, 0.717) is 40.3 Å². The molecule has 2 aromatic rings. The van der Waals surface area contributed by atoms with Crippen molar-refractivity contribution in [1.29, 1.82) is 0 Å². The first-order chi connectivity index (χ1) is 13.8. The largest absolute Gasteiger partial charge is 0.478 e. The maximum atomic E-state index is 13.0. The van der Waals surface area contributed by atoms with Crippen LogP contribution in [0.25, 0.3) is 10.6 Å². The topological polar surface area (TPSA) is 67.3 Å². The van der Waals surface area contributed by atoms with Gasteiger partial charge in [-0.1, -0.05) is 0 Å². The van der Waals surface area contributed by atoms with Crippen molar-refractivity contribution >= 4 is 34.4 Å². The van der Waals surface area contributed by atoms with Crippen molar-refractivity contribution in [2.45, 2.75) is 57.5 Å². The molecule has 154 valence electrons. The maximum Gasteiger partial charge on any atom is 0.434 e. The molecule has 0 fully saturated rings. The van der Waals surface area contributed by atoms with Gasteiger partial charge >= 0.3 is 12.1 Å². The third-order valence-corrected chi connectivity index (χ3v) is 7.54. The number of carbonyl (C=O) groups excluding carboxylic acids is 1. The first-order valence-corrected chi connectivity index (χ1v) is 11.1. The number of thiazole rings is 1. The van der Waals surface area contributed by atoms with Crippen molar-refractivity contribution in [2.24, 2.45) is 0 Å². The summed E-state index contributed by atoms with van der Waals surface area (Å²) in [7, 11) is 0. The number of alkyl halides is 3. The molecule has 4 rings (SSSR count). The fourth-order valence-corrected chi connectivity index (χ4v) is 6.44. The number of nitrogens with zero attached hydrogens (tertiary/aromatic N) is 1. The van der Waals surface area contributed by atoms with Crippen LogP contribution in [0.2, 0.25) is 0 Å². The van der Waals surface area contributed by atoms with Crippen LogP contribution in [0.3, 0.4) is 0 Å². The number of aliphatic carboxylic acids is 1. The number of aromatic nitrogens is 1. The van der Waals surface area contributed by atoms with E-state index >= 15 is 0 Å². The number of carbonyl (C=O) groups is 2. The number of allylic oxidation sites excluding steroid dienone is 1. The SMILES string of the molecule is O=C(O)C1=C(C(=O)Cc2sc3c(c2-c2nc(C(F)(F)F)cs2)CCCC3)CCC1. The number of fused-ring (bicyclic) bond motifs is 1. The zero-order valence-electron chi connectivity index (χ0n) is 15.4. The number of carboxylic acid groups (broad SMARTS) is 1. The predicted octanol–water partition coefficient (Wildman–Crippen LogP) is 5.45. The van der Waals surface area contributed by atoms with Crippen LogP contribution in [0.15, 0.2) is 16.5 Å². The molecule has 0 amide bonds. The van der Waals surface area contributed by atoms with Gasteiger partial charge in [0.15, 0.2) is 11.5 Å². The third-order valence-electron chi connectivity index (χ3n) is 5.39. The van der Waals surface area contributed by atoms with Crippen molar-refractivity contribution in [3.05, 3.63) is 37.5 Å². The second-order valence-electron chi connectivity index (χ2n) is 7.26. The van der Waals surface area contributed by atoms with E-state index in [1.807, 2.05) is 0 Å². The van der Waals surface area contributed by atoms with E-state index in [1.165, 1.54) is 11.3 Å². The van der Waals surface area contributed by atoms with Gasteiger partial charge in [0, 0.05) is 38.3 Å². The van der Waals surface area contributed by atoms with E-state index in [-0.39, 0.29) is 17.8 Å². The lowest BCUT2D eigenvalue weighted by atomic mass is 9.93. The van der Waals surface area contributed by atoms with E-state index in [2.05, 4.69) is 4.98 Å². The van der Waals surface area contributed by atoms with Gasteiger partial charge in [-0.05, 0) is 50.5 Å². The summed E-state index contributed by atoms with van der Waals surface area (Å²) in [6, 6.07) is 0. The van der Waals surface area contributed by atoms with Crippen molar-refractivity contribution in [2.75, 3.05) is 0 Å². The summed E-state index contributed by atoms with van der Waals surface area (Å²) < 4.78 is 39.1. The molecule has 0 saturated carbocycles. The Morgan fingerprint density at radius 1 is 1.07 bits per heavy atom. The highest BCUT2D eigenvalue weighted by molar-refractivity contribution is 7.15. The molecule has 2 aromatic heterocycles. The molecule has 29 heavy (non-hydrogen) atoms. The van der Waals surface area contributed by atoms with Crippen molar-refractivity contribution in [3.8, 4) is 10.6 Å². The Hall–Kier alpha value is -2.00. The number of rotatable bonds is 5. The van der Waals surface area contributed by atoms with E-state index < -0.39 is 17.8 Å². The molecule has 0 atom stereocenters. The molecular formula is C20H18F3NO3S2. The molecule has 4 nitrogen and oxygen atoms in total. The average Bonchev–Trinajstić information content (AvgIpc) is 3.38. The molecule has 0 saturated heterocycles. The van der Waals surface area contributed by atoms with Gasteiger partial charge in [-0.3, -0.25) is 4.79 Å². The van der Waals surface area contributed by atoms with Crippen LogP contribution in [0.4, 0.5) is 13.2 Å². The fraction of sp³-hybridized carbons (Fsp3) is 0.450. The minimum atomic E-state index is -4.51.